The van der Waals surface area contributed by atoms with E-state index < -0.39 is 0 Å². The first-order valence-corrected chi connectivity index (χ1v) is 7.92. The Labute approximate surface area is 125 Å². The maximum atomic E-state index is 12.3. The summed E-state index contributed by atoms with van der Waals surface area (Å²) in [4.78, 5) is 12.3. The highest BCUT2D eigenvalue weighted by atomic mass is 79.9. The second kappa shape index (κ2) is 6.20. The molecule has 1 aromatic rings. The van der Waals surface area contributed by atoms with E-state index in [1.165, 1.54) is 19.3 Å². The van der Waals surface area contributed by atoms with Crippen LogP contribution in [-0.2, 0) is 0 Å². The van der Waals surface area contributed by atoms with Crippen LogP contribution < -0.4 is 5.32 Å². The second-order valence-corrected chi connectivity index (χ2v) is 6.74. The predicted molar refractivity (Wildman–Crippen MR) is 80.7 cm³/mol. The lowest BCUT2D eigenvalue weighted by Gasteiger charge is -2.29. The van der Waals surface area contributed by atoms with Crippen molar-refractivity contribution in [3.05, 3.63) is 32.7 Å². The van der Waals surface area contributed by atoms with Crippen molar-refractivity contribution in [1.29, 1.82) is 0 Å². The maximum Gasteiger partial charge on any atom is 0.252 e. The first-order valence-electron chi connectivity index (χ1n) is 6.34. The zero-order chi connectivity index (χ0) is 13.1. The number of carbonyl (C=O) groups excluding carboxylic acids is 1. The van der Waals surface area contributed by atoms with Crippen LogP contribution in [0, 0.1) is 5.92 Å². The van der Waals surface area contributed by atoms with Crippen LogP contribution in [0.2, 0.25) is 0 Å². The van der Waals surface area contributed by atoms with E-state index in [9.17, 15) is 4.79 Å². The van der Waals surface area contributed by atoms with Gasteiger partial charge in [0.2, 0.25) is 0 Å². The summed E-state index contributed by atoms with van der Waals surface area (Å²) in [7, 11) is 0. The number of nitrogens with one attached hydrogen (secondary N) is 1. The third-order valence-corrected chi connectivity index (χ3v) is 4.79. The highest BCUT2D eigenvalue weighted by molar-refractivity contribution is 9.11. The van der Waals surface area contributed by atoms with Crippen molar-refractivity contribution >= 4 is 37.8 Å². The van der Waals surface area contributed by atoms with Gasteiger partial charge in [-0.1, -0.05) is 35.7 Å². The monoisotopic (exact) mass is 373 g/mol. The van der Waals surface area contributed by atoms with Crippen LogP contribution in [0.5, 0.6) is 0 Å². The molecular formula is C14H17Br2NO. The highest BCUT2D eigenvalue weighted by Gasteiger charge is 2.23. The van der Waals surface area contributed by atoms with Crippen molar-refractivity contribution < 1.29 is 4.79 Å². The molecule has 2 atom stereocenters. The lowest BCUT2D eigenvalue weighted by atomic mass is 9.86. The first kappa shape index (κ1) is 14.1. The molecule has 0 aromatic heterocycles. The number of carbonyl (C=O) groups is 1. The van der Waals surface area contributed by atoms with Gasteiger partial charge >= 0.3 is 0 Å². The van der Waals surface area contributed by atoms with Crippen molar-refractivity contribution in [1.82, 2.24) is 5.32 Å². The third kappa shape index (κ3) is 3.35. The number of amides is 1. The van der Waals surface area contributed by atoms with Gasteiger partial charge in [-0.15, -0.1) is 0 Å². The minimum Gasteiger partial charge on any atom is -0.349 e. The summed E-state index contributed by atoms with van der Waals surface area (Å²) in [6.07, 6.45) is 4.81. The van der Waals surface area contributed by atoms with Crippen LogP contribution in [-0.4, -0.2) is 11.9 Å². The van der Waals surface area contributed by atoms with E-state index in [2.05, 4.69) is 44.1 Å². The van der Waals surface area contributed by atoms with Crippen molar-refractivity contribution in [2.75, 3.05) is 0 Å². The molecule has 18 heavy (non-hydrogen) atoms. The van der Waals surface area contributed by atoms with E-state index in [4.69, 9.17) is 0 Å². The van der Waals surface area contributed by atoms with Crippen molar-refractivity contribution in [3.63, 3.8) is 0 Å². The molecule has 2 rings (SSSR count). The van der Waals surface area contributed by atoms with Gasteiger partial charge in [0.05, 0.1) is 5.56 Å². The molecular weight excluding hydrogens is 358 g/mol. The molecule has 98 valence electrons. The minimum absolute atomic E-state index is 0.0157. The lowest BCUT2D eigenvalue weighted by molar-refractivity contribution is 0.0909. The highest BCUT2D eigenvalue weighted by Crippen LogP contribution is 2.25. The largest absolute Gasteiger partial charge is 0.349 e. The molecule has 1 N–H and O–H groups in total. The molecule has 0 bridgehead atoms. The third-order valence-electron chi connectivity index (χ3n) is 3.60. The number of hydrogen-bond acceptors (Lipinski definition) is 1. The van der Waals surface area contributed by atoms with Crippen LogP contribution in [0.1, 0.15) is 43.0 Å². The fourth-order valence-corrected chi connectivity index (χ4v) is 3.24. The molecule has 1 amide bonds. The Morgan fingerprint density at radius 3 is 2.72 bits per heavy atom. The SMILES string of the molecule is C[C@H]1CCCC[C@@H]1NC(=O)c1cc(Br)ccc1Br. The average Bonchev–Trinajstić information content (AvgIpc) is 2.35. The van der Waals surface area contributed by atoms with Crippen molar-refractivity contribution in [3.8, 4) is 0 Å². The van der Waals surface area contributed by atoms with Crippen LogP contribution in [0.15, 0.2) is 27.1 Å². The smallest absolute Gasteiger partial charge is 0.252 e. The van der Waals surface area contributed by atoms with Gasteiger partial charge in [-0.3, -0.25) is 4.79 Å². The standard InChI is InChI=1S/C14H17Br2NO/c1-9-4-2-3-5-13(9)17-14(18)11-8-10(15)6-7-12(11)16/h6-9,13H,2-5H2,1H3,(H,17,18)/t9-,13-/m0/s1. The lowest BCUT2D eigenvalue weighted by Crippen LogP contribution is -2.41. The zero-order valence-corrected chi connectivity index (χ0v) is 13.6. The Bertz CT molecular complexity index is 447. The number of benzene rings is 1. The van der Waals surface area contributed by atoms with E-state index in [1.807, 2.05) is 18.2 Å². The van der Waals surface area contributed by atoms with Gasteiger partial charge in [-0.2, -0.15) is 0 Å². The van der Waals surface area contributed by atoms with Gasteiger partial charge in [-0.25, -0.2) is 0 Å². The Balaban J connectivity index is 2.09. The van der Waals surface area contributed by atoms with E-state index >= 15 is 0 Å². The van der Waals surface area contributed by atoms with E-state index in [1.54, 1.807) is 0 Å². The molecule has 0 heterocycles. The Hall–Kier alpha value is -0.350. The number of hydrogen-bond donors (Lipinski definition) is 1. The quantitative estimate of drug-likeness (QED) is 0.809. The summed E-state index contributed by atoms with van der Waals surface area (Å²) < 4.78 is 1.76. The molecule has 1 aliphatic carbocycles. The van der Waals surface area contributed by atoms with Gasteiger partial charge in [0.1, 0.15) is 0 Å². The fraction of sp³-hybridized carbons (Fsp3) is 0.500. The Kier molecular flexibility index (Phi) is 4.84. The van der Waals surface area contributed by atoms with Gasteiger partial charge in [-0.05, 0) is 52.9 Å². The molecule has 0 spiro atoms. The van der Waals surface area contributed by atoms with Gasteiger partial charge < -0.3 is 5.32 Å². The molecule has 2 nitrogen and oxygen atoms in total. The van der Waals surface area contributed by atoms with E-state index in [0.717, 1.165) is 15.4 Å². The molecule has 1 fully saturated rings. The van der Waals surface area contributed by atoms with Crippen molar-refractivity contribution in [2.45, 2.75) is 38.6 Å². The molecule has 0 radical (unpaired) electrons. The predicted octanol–water partition coefficient (Wildman–Crippen LogP) is 4.52. The Morgan fingerprint density at radius 2 is 2.00 bits per heavy atom. The van der Waals surface area contributed by atoms with Crippen LogP contribution >= 0.6 is 31.9 Å². The zero-order valence-electron chi connectivity index (χ0n) is 10.4. The average molecular weight is 375 g/mol. The molecule has 4 heteroatoms. The summed E-state index contributed by atoms with van der Waals surface area (Å²) >= 11 is 6.83. The molecule has 0 saturated heterocycles. The van der Waals surface area contributed by atoms with Gasteiger partial charge in [0.25, 0.3) is 5.91 Å². The van der Waals surface area contributed by atoms with Crippen LogP contribution in [0.25, 0.3) is 0 Å². The van der Waals surface area contributed by atoms with Gasteiger partial charge in [0.15, 0.2) is 0 Å². The summed E-state index contributed by atoms with van der Waals surface area (Å²) in [5, 5.41) is 3.16. The summed E-state index contributed by atoms with van der Waals surface area (Å²) in [6, 6.07) is 5.98. The topological polar surface area (TPSA) is 29.1 Å². The number of rotatable bonds is 2. The first-order chi connectivity index (χ1) is 8.58. The summed E-state index contributed by atoms with van der Waals surface area (Å²) in [5.41, 5.74) is 0.696. The summed E-state index contributed by atoms with van der Waals surface area (Å²) in [5.74, 6) is 0.593. The van der Waals surface area contributed by atoms with E-state index in [0.29, 0.717) is 17.5 Å². The van der Waals surface area contributed by atoms with E-state index in [-0.39, 0.29) is 5.91 Å². The molecule has 1 saturated carbocycles. The van der Waals surface area contributed by atoms with Gasteiger partial charge in [0, 0.05) is 15.0 Å². The normalized spacial score (nSPS) is 23.7. The minimum atomic E-state index is 0.0157. The molecule has 0 unspecified atom stereocenters. The second-order valence-electron chi connectivity index (χ2n) is 4.97. The Morgan fingerprint density at radius 1 is 1.28 bits per heavy atom. The molecule has 1 aromatic carbocycles. The van der Waals surface area contributed by atoms with Crippen LogP contribution in [0.4, 0.5) is 0 Å². The molecule has 0 aliphatic heterocycles. The summed E-state index contributed by atoms with van der Waals surface area (Å²) in [6.45, 7) is 2.22. The maximum absolute atomic E-state index is 12.3. The fourth-order valence-electron chi connectivity index (χ4n) is 2.45. The number of halogens is 2. The van der Waals surface area contributed by atoms with Crippen molar-refractivity contribution in [2.24, 2.45) is 5.92 Å². The van der Waals surface area contributed by atoms with Crippen LogP contribution in [0.3, 0.4) is 0 Å². The molecule has 1 aliphatic rings.